The molecule has 1 N–H and O–H groups in total. The van der Waals surface area contributed by atoms with Crippen molar-refractivity contribution in [2.24, 2.45) is 0 Å². The van der Waals surface area contributed by atoms with Gasteiger partial charge in [-0.2, -0.15) is 9.78 Å². The Morgan fingerprint density at radius 3 is 2.59 bits per heavy atom. The van der Waals surface area contributed by atoms with Crippen LogP contribution in [-0.4, -0.2) is 65.4 Å². The summed E-state index contributed by atoms with van der Waals surface area (Å²) in [5.41, 5.74) is 1.72. The standard InChI is InChI=1S/C19H25Cl2N5O/c1-13-4-5-15(10-16(13)20)26-19(27)18(21)17(11-22-26)23-14(2)12-25-8-6-24(3)7-9-25/h4-5,10-11,14,23H,6-9,12H2,1-3H3. The zero-order valence-electron chi connectivity index (χ0n) is 15.9. The third-order valence-electron chi connectivity index (χ3n) is 4.85. The Hall–Kier alpha value is -1.60. The van der Waals surface area contributed by atoms with E-state index < -0.39 is 0 Å². The van der Waals surface area contributed by atoms with Gasteiger partial charge in [0, 0.05) is 43.8 Å². The van der Waals surface area contributed by atoms with Crippen LogP contribution in [0.15, 0.2) is 29.2 Å². The van der Waals surface area contributed by atoms with Gasteiger partial charge in [-0.15, -0.1) is 0 Å². The van der Waals surface area contributed by atoms with Crippen LogP contribution in [0.4, 0.5) is 5.69 Å². The minimum atomic E-state index is -0.367. The van der Waals surface area contributed by atoms with E-state index in [0.29, 0.717) is 16.4 Å². The molecule has 0 bridgehead atoms. The Morgan fingerprint density at radius 1 is 1.22 bits per heavy atom. The molecule has 8 heteroatoms. The summed E-state index contributed by atoms with van der Waals surface area (Å²) in [6.45, 7) is 9.12. The van der Waals surface area contributed by atoms with E-state index in [4.69, 9.17) is 23.2 Å². The second kappa shape index (κ2) is 8.61. The highest BCUT2D eigenvalue weighted by atomic mass is 35.5. The molecule has 146 valence electrons. The smallest absolute Gasteiger partial charge is 0.292 e. The molecule has 0 saturated carbocycles. The third kappa shape index (κ3) is 4.82. The highest BCUT2D eigenvalue weighted by molar-refractivity contribution is 6.33. The maximum Gasteiger partial charge on any atom is 0.292 e. The molecule has 1 atom stereocenters. The van der Waals surface area contributed by atoms with Crippen LogP contribution in [0.2, 0.25) is 10.0 Å². The highest BCUT2D eigenvalue weighted by Crippen LogP contribution is 2.21. The Morgan fingerprint density at radius 2 is 1.93 bits per heavy atom. The molecule has 0 radical (unpaired) electrons. The van der Waals surface area contributed by atoms with Crippen molar-refractivity contribution in [3.63, 3.8) is 0 Å². The fraction of sp³-hybridized carbons (Fsp3) is 0.474. The highest BCUT2D eigenvalue weighted by Gasteiger charge is 2.18. The molecular formula is C19H25Cl2N5O. The zero-order chi connectivity index (χ0) is 19.6. The van der Waals surface area contributed by atoms with Gasteiger partial charge < -0.3 is 10.2 Å². The maximum atomic E-state index is 12.7. The molecular weight excluding hydrogens is 385 g/mol. The van der Waals surface area contributed by atoms with E-state index >= 15 is 0 Å². The second-order valence-electron chi connectivity index (χ2n) is 7.17. The summed E-state index contributed by atoms with van der Waals surface area (Å²) in [7, 11) is 2.14. The predicted molar refractivity (Wildman–Crippen MR) is 112 cm³/mol. The number of rotatable bonds is 5. The van der Waals surface area contributed by atoms with E-state index in [2.05, 4.69) is 34.2 Å². The molecule has 1 aromatic carbocycles. The Balaban J connectivity index is 1.73. The number of hydrogen-bond acceptors (Lipinski definition) is 5. The van der Waals surface area contributed by atoms with Crippen LogP contribution in [0.3, 0.4) is 0 Å². The lowest BCUT2D eigenvalue weighted by Gasteiger charge is -2.34. The van der Waals surface area contributed by atoms with E-state index in [1.165, 1.54) is 4.68 Å². The Bertz CT molecular complexity index is 862. The lowest BCUT2D eigenvalue weighted by atomic mass is 10.2. The number of nitrogens with one attached hydrogen (secondary N) is 1. The minimum absolute atomic E-state index is 0.131. The van der Waals surface area contributed by atoms with Gasteiger partial charge in [-0.1, -0.05) is 29.3 Å². The molecule has 0 aliphatic carbocycles. The van der Waals surface area contributed by atoms with E-state index in [9.17, 15) is 4.79 Å². The van der Waals surface area contributed by atoms with E-state index in [-0.39, 0.29) is 16.6 Å². The molecule has 1 saturated heterocycles. The van der Waals surface area contributed by atoms with Gasteiger partial charge in [0.15, 0.2) is 0 Å². The molecule has 2 aromatic rings. The summed E-state index contributed by atoms with van der Waals surface area (Å²) in [6.07, 6.45) is 1.60. The van der Waals surface area contributed by atoms with Gasteiger partial charge in [0.2, 0.25) is 0 Å². The summed E-state index contributed by atoms with van der Waals surface area (Å²) >= 11 is 12.5. The number of benzene rings is 1. The first-order valence-corrected chi connectivity index (χ1v) is 9.82. The molecule has 1 aliphatic rings. The van der Waals surface area contributed by atoms with Crippen LogP contribution in [0, 0.1) is 6.92 Å². The van der Waals surface area contributed by atoms with Gasteiger partial charge in [0.05, 0.1) is 17.6 Å². The van der Waals surface area contributed by atoms with Crippen LogP contribution >= 0.6 is 23.2 Å². The first-order chi connectivity index (χ1) is 12.8. The monoisotopic (exact) mass is 409 g/mol. The fourth-order valence-corrected chi connectivity index (χ4v) is 3.52. The molecule has 0 spiro atoms. The lowest BCUT2D eigenvalue weighted by molar-refractivity contribution is 0.151. The summed E-state index contributed by atoms with van der Waals surface area (Å²) in [4.78, 5) is 17.4. The topological polar surface area (TPSA) is 53.4 Å². The lowest BCUT2D eigenvalue weighted by Crippen LogP contribution is -2.47. The molecule has 0 amide bonds. The molecule has 27 heavy (non-hydrogen) atoms. The summed E-state index contributed by atoms with van der Waals surface area (Å²) in [5, 5.41) is 8.30. The summed E-state index contributed by atoms with van der Waals surface area (Å²) in [5.74, 6) is 0. The summed E-state index contributed by atoms with van der Waals surface area (Å²) in [6, 6.07) is 5.51. The van der Waals surface area contributed by atoms with Gasteiger partial charge in [-0.3, -0.25) is 9.69 Å². The van der Waals surface area contributed by atoms with E-state index in [1.54, 1.807) is 18.3 Å². The van der Waals surface area contributed by atoms with Crippen molar-refractivity contribution in [3.8, 4) is 5.69 Å². The van der Waals surface area contributed by atoms with E-state index in [0.717, 1.165) is 38.3 Å². The molecule has 1 unspecified atom stereocenters. The van der Waals surface area contributed by atoms with Gasteiger partial charge in [-0.05, 0) is 38.6 Å². The number of aromatic nitrogens is 2. The number of hydrogen-bond donors (Lipinski definition) is 1. The fourth-order valence-electron chi connectivity index (χ4n) is 3.16. The Kier molecular flexibility index (Phi) is 6.42. The number of likely N-dealkylation sites (N-methyl/N-ethyl adjacent to an activating group) is 1. The van der Waals surface area contributed by atoms with Crippen LogP contribution in [0.25, 0.3) is 5.69 Å². The van der Waals surface area contributed by atoms with Crippen LogP contribution in [0.1, 0.15) is 12.5 Å². The third-order valence-corrected chi connectivity index (χ3v) is 5.62. The molecule has 3 rings (SSSR count). The molecule has 1 fully saturated rings. The van der Waals surface area contributed by atoms with Gasteiger partial charge in [0.25, 0.3) is 5.56 Å². The van der Waals surface area contributed by atoms with Gasteiger partial charge in [-0.25, -0.2) is 0 Å². The van der Waals surface area contributed by atoms with Crippen molar-refractivity contribution in [1.82, 2.24) is 19.6 Å². The Labute approximate surface area is 169 Å². The average Bonchev–Trinajstić information content (AvgIpc) is 2.64. The first kappa shape index (κ1) is 20.1. The van der Waals surface area contributed by atoms with Gasteiger partial charge >= 0.3 is 0 Å². The van der Waals surface area contributed by atoms with Crippen molar-refractivity contribution in [2.75, 3.05) is 45.1 Å². The molecule has 1 aliphatic heterocycles. The largest absolute Gasteiger partial charge is 0.379 e. The van der Waals surface area contributed by atoms with Crippen molar-refractivity contribution >= 4 is 28.9 Å². The second-order valence-corrected chi connectivity index (χ2v) is 7.96. The van der Waals surface area contributed by atoms with Crippen molar-refractivity contribution in [2.45, 2.75) is 19.9 Å². The van der Waals surface area contributed by atoms with Crippen LogP contribution in [0.5, 0.6) is 0 Å². The van der Waals surface area contributed by atoms with Crippen LogP contribution in [-0.2, 0) is 0 Å². The number of halogens is 2. The minimum Gasteiger partial charge on any atom is -0.379 e. The number of piperazine rings is 1. The molecule has 6 nitrogen and oxygen atoms in total. The molecule has 1 aromatic heterocycles. The van der Waals surface area contributed by atoms with Gasteiger partial charge in [0.1, 0.15) is 5.02 Å². The van der Waals surface area contributed by atoms with Crippen molar-refractivity contribution in [1.29, 1.82) is 0 Å². The first-order valence-electron chi connectivity index (χ1n) is 9.07. The maximum absolute atomic E-state index is 12.7. The van der Waals surface area contributed by atoms with Crippen LogP contribution < -0.4 is 10.9 Å². The molecule has 2 heterocycles. The van der Waals surface area contributed by atoms with E-state index in [1.807, 2.05) is 13.0 Å². The summed E-state index contributed by atoms with van der Waals surface area (Å²) < 4.78 is 1.27. The average molecular weight is 410 g/mol. The SMILES string of the molecule is Cc1ccc(-n2ncc(NC(C)CN3CCN(C)CC3)c(Cl)c2=O)cc1Cl. The number of aryl methyl sites for hydroxylation is 1. The number of nitrogens with zero attached hydrogens (tertiary/aromatic N) is 4. The normalized spacial score (nSPS) is 17.1. The zero-order valence-corrected chi connectivity index (χ0v) is 17.4. The van der Waals surface area contributed by atoms with Crippen molar-refractivity contribution < 1.29 is 0 Å². The number of anilines is 1. The van der Waals surface area contributed by atoms with Crippen molar-refractivity contribution in [3.05, 3.63) is 50.4 Å². The predicted octanol–water partition coefficient (Wildman–Crippen LogP) is 2.90. The quantitative estimate of drug-likeness (QED) is 0.822.